The maximum absolute atomic E-state index is 11.4. The Hall–Kier alpha value is -1.40. The molecule has 0 saturated carbocycles. The third-order valence-corrected chi connectivity index (χ3v) is 4.01. The van der Waals surface area contributed by atoms with Crippen molar-refractivity contribution in [1.82, 2.24) is 9.97 Å². The van der Waals surface area contributed by atoms with Crippen LogP contribution in [0.4, 0.5) is 0 Å². The number of halogens is 1. The fourth-order valence-corrected chi connectivity index (χ4v) is 3.10. The summed E-state index contributed by atoms with van der Waals surface area (Å²) in [6, 6.07) is 3.76. The standard InChI is InChI=1S/C11H7BrN2O2S/c1-16-11(15)8-3-7-10(17-8)9-6(14-7)2-5(12)4-13-9/h2-4,14H,1H3. The molecule has 0 aliphatic heterocycles. The third-order valence-electron chi connectivity index (χ3n) is 2.46. The molecular formula is C11H7BrN2O2S. The number of aromatic nitrogens is 2. The van der Waals surface area contributed by atoms with E-state index in [1.165, 1.54) is 18.4 Å². The van der Waals surface area contributed by atoms with Gasteiger partial charge in [-0.05, 0) is 28.1 Å². The molecule has 3 rings (SSSR count). The van der Waals surface area contributed by atoms with E-state index in [9.17, 15) is 4.79 Å². The molecule has 0 atom stereocenters. The molecule has 0 spiro atoms. The molecule has 0 radical (unpaired) electrons. The maximum atomic E-state index is 11.4. The molecule has 0 amide bonds. The number of hydrogen-bond acceptors (Lipinski definition) is 4. The van der Waals surface area contributed by atoms with Crippen molar-refractivity contribution in [2.75, 3.05) is 7.11 Å². The van der Waals surface area contributed by atoms with Gasteiger partial charge < -0.3 is 9.72 Å². The van der Waals surface area contributed by atoms with Crippen LogP contribution in [-0.4, -0.2) is 23.0 Å². The first-order valence-electron chi connectivity index (χ1n) is 4.84. The fraction of sp³-hybridized carbons (Fsp3) is 0.0909. The predicted molar refractivity (Wildman–Crippen MR) is 70.5 cm³/mol. The Morgan fingerprint density at radius 2 is 2.29 bits per heavy atom. The van der Waals surface area contributed by atoms with Crippen LogP contribution >= 0.6 is 27.3 Å². The van der Waals surface area contributed by atoms with Crippen molar-refractivity contribution in [2.45, 2.75) is 0 Å². The summed E-state index contributed by atoms with van der Waals surface area (Å²) in [5, 5.41) is 0. The molecule has 3 aromatic rings. The Morgan fingerprint density at radius 3 is 3.06 bits per heavy atom. The number of nitrogens with one attached hydrogen (secondary N) is 1. The van der Waals surface area contributed by atoms with Crippen molar-refractivity contribution in [3.05, 3.63) is 27.7 Å². The quantitative estimate of drug-likeness (QED) is 0.701. The molecule has 0 saturated heterocycles. The molecule has 6 heteroatoms. The van der Waals surface area contributed by atoms with E-state index >= 15 is 0 Å². The number of pyridine rings is 1. The lowest BCUT2D eigenvalue weighted by atomic mass is 10.4. The van der Waals surface area contributed by atoms with E-state index in [2.05, 4.69) is 25.9 Å². The highest BCUT2D eigenvalue weighted by Crippen LogP contribution is 2.32. The minimum absolute atomic E-state index is 0.315. The van der Waals surface area contributed by atoms with Crippen LogP contribution in [0.25, 0.3) is 21.3 Å². The van der Waals surface area contributed by atoms with E-state index in [0.717, 1.165) is 25.7 Å². The number of nitrogens with zero attached hydrogens (tertiary/aromatic N) is 1. The van der Waals surface area contributed by atoms with E-state index < -0.39 is 0 Å². The number of carbonyl (C=O) groups is 1. The zero-order valence-corrected chi connectivity index (χ0v) is 11.2. The van der Waals surface area contributed by atoms with Gasteiger partial charge >= 0.3 is 5.97 Å². The number of aromatic amines is 1. The zero-order valence-electron chi connectivity index (χ0n) is 8.78. The first-order chi connectivity index (χ1) is 8.19. The van der Waals surface area contributed by atoms with Crippen LogP contribution in [0.5, 0.6) is 0 Å². The van der Waals surface area contributed by atoms with Gasteiger partial charge in [0.25, 0.3) is 0 Å². The number of carbonyl (C=O) groups excluding carboxylic acids is 1. The van der Waals surface area contributed by atoms with Gasteiger partial charge in [0.1, 0.15) is 10.4 Å². The van der Waals surface area contributed by atoms with Crippen LogP contribution in [-0.2, 0) is 4.74 Å². The monoisotopic (exact) mass is 310 g/mol. The van der Waals surface area contributed by atoms with Gasteiger partial charge in [-0.25, -0.2) is 4.79 Å². The number of methoxy groups -OCH3 is 1. The van der Waals surface area contributed by atoms with Crippen molar-refractivity contribution in [2.24, 2.45) is 0 Å². The van der Waals surface area contributed by atoms with E-state index in [-0.39, 0.29) is 5.97 Å². The Labute approximate surface area is 109 Å². The summed E-state index contributed by atoms with van der Waals surface area (Å²) in [5.74, 6) is -0.315. The third kappa shape index (κ3) is 1.64. The van der Waals surface area contributed by atoms with Gasteiger partial charge in [-0.1, -0.05) is 0 Å². The number of rotatable bonds is 1. The average Bonchev–Trinajstić information content (AvgIpc) is 2.84. The summed E-state index contributed by atoms with van der Waals surface area (Å²) >= 11 is 4.76. The number of esters is 1. The van der Waals surface area contributed by atoms with Crippen molar-refractivity contribution in [3.63, 3.8) is 0 Å². The molecule has 0 aromatic carbocycles. The molecule has 3 aromatic heterocycles. The zero-order chi connectivity index (χ0) is 12.0. The van der Waals surface area contributed by atoms with Crippen LogP contribution in [0.3, 0.4) is 0 Å². The molecular weight excluding hydrogens is 304 g/mol. The minimum atomic E-state index is -0.315. The Bertz CT molecular complexity index is 732. The number of thiophene rings is 1. The van der Waals surface area contributed by atoms with E-state index in [1.807, 2.05) is 6.07 Å². The Kier molecular flexibility index (Phi) is 2.41. The van der Waals surface area contributed by atoms with Crippen LogP contribution in [0.15, 0.2) is 22.8 Å². The highest BCUT2D eigenvalue weighted by molar-refractivity contribution is 9.10. The van der Waals surface area contributed by atoms with Crippen LogP contribution in [0.2, 0.25) is 0 Å². The highest BCUT2D eigenvalue weighted by atomic mass is 79.9. The lowest BCUT2D eigenvalue weighted by Gasteiger charge is -1.93. The number of H-pyrrole nitrogens is 1. The van der Waals surface area contributed by atoms with Gasteiger partial charge in [0.15, 0.2) is 0 Å². The van der Waals surface area contributed by atoms with E-state index in [0.29, 0.717) is 4.88 Å². The lowest BCUT2D eigenvalue weighted by molar-refractivity contribution is 0.0606. The highest BCUT2D eigenvalue weighted by Gasteiger charge is 2.14. The minimum Gasteiger partial charge on any atom is -0.465 e. The molecule has 0 fully saturated rings. The molecule has 86 valence electrons. The molecule has 17 heavy (non-hydrogen) atoms. The number of ether oxygens (including phenoxy) is 1. The van der Waals surface area contributed by atoms with E-state index in [4.69, 9.17) is 4.74 Å². The fourth-order valence-electron chi connectivity index (χ4n) is 1.72. The first kappa shape index (κ1) is 10.7. The summed E-state index contributed by atoms with van der Waals surface area (Å²) in [6.07, 6.45) is 1.74. The van der Waals surface area contributed by atoms with Gasteiger partial charge in [0.05, 0.1) is 22.8 Å². The van der Waals surface area contributed by atoms with Gasteiger partial charge in [0, 0.05) is 10.7 Å². The van der Waals surface area contributed by atoms with Crippen molar-refractivity contribution < 1.29 is 9.53 Å². The SMILES string of the molecule is COC(=O)c1cc2[nH]c3cc(Br)cnc3c2s1. The predicted octanol–water partition coefficient (Wildman–Crippen LogP) is 3.33. The molecule has 0 aliphatic rings. The molecule has 3 heterocycles. The summed E-state index contributed by atoms with van der Waals surface area (Å²) in [7, 11) is 1.38. The van der Waals surface area contributed by atoms with Crippen LogP contribution < -0.4 is 0 Å². The summed E-state index contributed by atoms with van der Waals surface area (Å²) in [6.45, 7) is 0. The van der Waals surface area contributed by atoms with Crippen molar-refractivity contribution in [3.8, 4) is 0 Å². The topological polar surface area (TPSA) is 55.0 Å². The largest absolute Gasteiger partial charge is 0.465 e. The van der Waals surface area contributed by atoms with Gasteiger partial charge in [-0.15, -0.1) is 11.3 Å². The van der Waals surface area contributed by atoms with Gasteiger partial charge in [0.2, 0.25) is 0 Å². The second kappa shape index (κ2) is 3.82. The second-order valence-corrected chi connectivity index (χ2v) is 5.49. The lowest BCUT2D eigenvalue weighted by Crippen LogP contribution is -1.96. The van der Waals surface area contributed by atoms with Crippen molar-refractivity contribution >= 4 is 54.5 Å². The first-order valence-corrected chi connectivity index (χ1v) is 6.45. The number of fused-ring (bicyclic) bond motifs is 3. The molecule has 4 nitrogen and oxygen atoms in total. The Balaban J connectivity index is 2.28. The van der Waals surface area contributed by atoms with Gasteiger partial charge in [-0.2, -0.15) is 0 Å². The summed E-state index contributed by atoms with van der Waals surface area (Å²) in [5.41, 5.74) is 2.75. The van der Waals surface area contributed by atoms with Crippen molar-refractivity contribution in [1.29, 1.82) is 0 Å². The average molecular weight is 311 g/mol. The molecule has 0 unspecified atom stereocenters. The normalized spacial score (nSPS) is 11.2. The smallest absolute Gasteiger partial charge is 0.348 e. The second-order valence-electron chi connectivity index (χ2n) is 3.52. The summed E-state index contributed by atoms with van der Waals surface area (Å²) in [4.78, 5) is 19.6. The Morgan fingerprint density at radius 1 is 1.47 bits per heavy atom. The number of hydrogen-bond donors (Lipinski definition) is 1. The molecule has 1 N–H and O–H groups in total. The van der Waals surface area contributed by atoms with Crippen LogP contribution in [0.1, 0.15) is 9.67 Å². The molecule has 0 bridgehead atoms. The summed E-state index contributed by atoms with van der Waals surface area (Å²) < 4.78 is 6.60. The maximum Gasteiger partial charge on any atom is 0.348 e. The van der Waals surface area contributed by atoms with Crippen LogP contribution in [0, 0.1) is 0 Å². The molecule has 0 aliphatic carbocycles. The van der Waals surface area contributed by atoms with Gasteiger partial charge in [-0.3, -0.25) is 4.98 Å². The van der Waals surface area contributed by atoms with E-state index in [1.54, 1.807) is 12.3 Å².